The van der Waals surface area contributed by atoms with Gasteiger partial charge in [-0.25, -0.2) is 0 Å². The molecule has 0 aliphatic carbocycles. The van der Waals surface area contributed by atoms with E-state index in [1.807, 2.05) is 30.3 Å². The number of thiocarbonyl (C=S) groups is 1. The molecule has 0 radical (unpaired) electrons. The SMILES string of the molecule is O=C1/C(=C\c2cc(Cl)c(O)c(Cl)c2)SC(=S)N1c1ccccc1. The molecule has 0 aromatic heterocycles. The number of phenolic OH excluding ortho intramolecular Hbond substituents is 1. The fourth-order valence-electron chi connectivity index (χ4n) is 2.09. The van der Waals surface area contributed by atoms with E-state index in [0.717, 1.165) is 5.69 Å². The summed E-state index contributed by atoms with van der Waals surface area (Å²) in [5.74, 6) is -0.381. The van der Waals surface area contributed by atoms with Gasteiger partial charge in [-0.15, -0.1) is 0 Å². The molecule has 1 amide bonds. The highest BCUT2D eigenvalue weighted by atomic mass is 35.5. The van der Waals surface area contributed by atoms with Gasteiger partial charge >= 0.3 is 0 Å². The lowest BCUT2D eigenvalue weighted by atomic mass is 10.2. The van der Waals surface area contributed by atoms with Gasteiger partial charge in [-0.1, -0.05) is 65.4 Å². The minimum Gasteiger partial charge on any atom is -0.505 e. The van der Waals surface area contributed by atoms with E-state index >= 15 is 0 Å². The first-order valence-electron chi connectivity index (χ1n) is 6.48. The van der Waals surface area contributed by atoms with Crippen molar-refractivity contribution < 1.29 is 9.90 Å². The summed E-state index contributed by atoms with van der Waals surface area (Å²) < 4.78 is 0.462. The predicted octanol–water partition coefficient (Wildman–Crippen LogP) is 5.10. The van der Waals surface area contributed by atoms with Crippen LogP contribution in [0.3, 0.4) is 0 Å². The monoisotopic (exact) mass is 381 g/mol. The van der Waals surface area contributed by atoms with Crippen molar-refractivity contribution in [3.8, 4) is 5.75 Å². The van der Waals surface area contributed by atoms with Gasteiger partial charge in [-0.2, -0.15) is 0 Å². The Bertz CT molecular complexity index is 814. The Kier molecular flexibility index (Phi) is 4.64. The zero-order valence-corrected chi connectivity index (χ0v) is 14.6. The quantitative estimate of drug-likeness (QED) is 0.579. The first kappa shape index (κ1) is 16.3. The second-order valence-electron chi connectivity index (χ2n) is 4.69. The number of halogens is 2. The summed E-state index contributed by atoms with van der Waals surface area (Å²) in [6, 6.07) is 12.3. The van der Waals surface area contributed by atoms with Crippen molar-refractivity contribution in [1.82, 2.24) is 0 Å². The molecule has 1 aliphatic heterocycles. The smallest absolute Gasteiger partial charge is 0.270 e. The van der Waals surface area contributed by atoms with Crippen molar-refractivity contribution in [2.75, 3.05) is 4.90 Å². The molecular weight excluding hydrogens is 373 g/mol. The summed E-state index contributed by atoms with van der Waals surface area (Å²) >= 11 is 18.3. The van der Waals surface area contributed by atoms with E-state index in [4.69, 9.17) is 35.4 Å². The number of para-hydroxylation sites is 1. The molecule has 0 saturated carbocycles. The van der Waals surface area contributed by atoms with E-state index in [2.05, 4.69) is 0 Å². The van der Waals surface area contributed by atoms with Gasteiger partial charge in [0.15, 0.2) is 10.1 Å². The fraction of sp³-hybridized carbons (Fsp3) is 0. The van der Waals surface area contributed by atoms with Gasteiger partial charge in [-0.3, -0.25) is 9.69 Å². The van der Waals surface area contributed by atoms with E-state index in [-0.39, 0.29) is 21.7 Å². The number of hydrogen-bond acceptors (Lipinski definition) is 4. The van der Waals surface area contributed by atoms with Crippen molar-refractivity contribution in [3.63, 3.8) is 0 Å². The number of nitrogens with zero attached hydrogens (tertiary/aromatic N) is 1. The maximum absolute atomic E-state index is 12.6. The molecule has 2 aromatic carbocycles. The lowest BCUT2D eigenvalue weighted by Crippen LogP contribution is -2.27. The van der Waals surface area contributed by atoms with Gasteiger partial charge < -0.3 is 5.11 Å². The van der Waals surface area contributed by atoms with Crippen LogP contribution in [0, 0.1) is 0 Å². The van der Waals surface area contributed by atoms with Crippen molar-refractivity contribution in [3.05, 3.63) is 63.0 Å². The molecule has 0 spiro atoms. The highest BCUT2D eigenvalue weighted by Crippen LogP contribution is 2.38. The van der Waals surface area contributed by atoms with E-state index < -0.39 is 0 Å². The molecule has 3 nitrogen and oxygen atoms in total. The van der Waals surface area contributed by atoms with Crippen molar-refractivity contribution in [2.24, 2.45) is 0 Å². The molecule has 3 rings (SSSR count). The third kappa shape index (κ3) is 3.23. The van der Waals surface area contributed by atoms with Crippen LogP contribution in [0.1, 0.15) is 5.56 Å². The molecule has 0 bridgehead atoms. The summed E-state index contributed by atoms with van der Waals surface area (Å²) in [6.45, 7) is 0. The first-order chi connectivity index (χ1) is 11.0. The lowest BCUT2D eigenvalue weighted by molar-refractivity contribution is -0.113. The van der Waals surface area contributed by atoms with Crippen LogP contribution in [-0.2, 0) is 4.79 Å². The van der Waals surface area contributed by atoms with Gasteiger partial charge in [0.25, 0.3) is 5.91 Å². The average Bonchev–Trinajstić information content (AvgIpc) is 2.80. The second-order valence-corrected chi connectivity index (χ2v) is 7.18. The van der Waals surface area contributed by atoms with Crippen LogP contribution in [0.15, 0.2) is 47.4 Å². The Balaban J connectivity index is 1.96. The molecule has 0 unspecified atom stereocenters. The van der Waals surface area contributed by atoms with Gasteiger partial charge in [-0.05, 0) is 35.9 Å². The Morgan fingerprint density at radius 3 is 2.35 bits per heavy atom. The zero-order valence-electron chi connectivity index (χ0n) is 11.5. The Hall–Kier alpha value is -1.53. The number of amides is 1. The van der Waals surface area contributed by atoms with Crippen LogP contribution >= 0.6 is 47.2 Å². The Labute approximate surface area is 152 Å². The molecule has 116 valence electrons. The van der Waals surface area contributed by atoms with Crippen molar-refractivity contribution >= 4 is 69.2 Å². The van der Waals surface area contributed by atoms with Crippen molar-refractivity contribution in [2.45, 2.75) is 0 Å². The van der Waals surface area contributed by atoms with Gasteiger partial charge in [0.05, 0.1) is 20.6 Å². The number of aromatic hydroxyl groups is 1. The Morgan fingerprint density at radius 2 is 1.74 bits per heavy atom. The zero-order chi connectivity index (χ0) is 16.6. The summed E-state index contributed by atoms with van der Waals surface area (Å²) in [7, 11) is 0. The van der Waals surface area contributed by atoms with Crippen LogP contribution < -0.4 is 4.90 Å². The predicted molar refractivity (Wildman–Crippen MR) is 100 cm³/mol. The second kappa shape index (κ2) is 6.53. The number of carbonyl (C=O) groups excluding carboxylic acids is 1. The number of thioether (sulfide) groups is 1. The highest BCUT2D eigenvalue weighted by Gasteiger charge is 2.33. The molecule has 7 heteroatoms. The third-order valence-electron chi connectivity index (χ3n) is 3.15. The van der Waals surface area contributed by atoms with Crippen LogP contribution in [-0.4, -0.2) is 15.3 Å². The summed E-state index contributed by atoms with van der Waals surface area (Å²) in [6.07, 6.45) is 1.65. The summed E-state index contributed by atoms with van der Waals surface area (Å²) in [5, 5.41) is 9.84. The van der Waals surface area contributed by atoms with Gasteiger partial charge in [0.2, 0.25) is 0 Å². The number of hydrogen-bond donors (Lipinski definition) is 1. The number of carbonyl (C=O) groups is 1. The van der Waals surface area contributed by atoms with Crippen LogP contribution in [0.2, 0.25) is 10.0 Å². The van der Waals surface area contributed by atoms with Crippen molar-refractivity contribution in [1.29, 1.82) is 0 Å². The van der Waals surface area contributed by atoms with Crippen LogP contribution in [0.25, 0.3) is 6.08 Å². The number of anilines is 1. The Morgan fingerprint density at radius 1 is 1.13 bits per heavy atom. The third-order valence-corrected chi connectivity index (χ3v) is 5.02. The molecule has 1 aliphatic rings. The minimum atomic E-state index is -0.202. The summed E-state index contributed by atoms with van der Waals surface area (Å²) in [5.41, 5.74) is 1.34. The van der Waals surface area contributed by atoms with Gasteiger partial charge in [0, 0.05) is 0 Å². The first-order valence-corrected chi connectivity index (χ1v) is 8.46. The molecule has 1 N–H and O–H groups in total. The summed E-state index contributed by atoms with van der Waals surface area (Å²) in [4.78, 5) is 14.5. The molecule has 1 saturated heterocycles. The maximum Gasteiger partial charge on any atom is 0.270 e. The van der Waals surface area contributed by atoms with Gasteiger partial charge in [0.1, 0.15) is 0 Å². The molecule has 1 fully saturated rings. The molecular formula is C16H9Cl2NO2S2. The fourth-order valence-corrected chi connectivity index (χ4v) is 3.89. The molecule has 2 aromatic rings. The maximum atomic E-state index is 12.6. The van der Waals surface area contributed by atoms with E-state index in [9.17, 15) is 9.90 Å². The highest BCUT2D eigenvalue weighted by molar-refractivity contribution is 8.27. The largest absolute Gasteiger partial charge is 0.505 e. The average molecular weight is 382 g/mol. The van der Waals surface area contributed by atoms with Crippen LogP contribution in [0.5, 0.6) is 5.75 Å². The molecule has 1 heterocycles. The normalized spacial score (nSPS) is 16.4. The van der Waals surface area contributed by atoms with E-state index in [1.165, 1.54) is 28.8 Å². The van der Waals surface area contributed by atoms with Crippen LogP contribution in [0.4, 0.5) is 5.69 Å². The lowest BCUT2D eigenvalue weighted by Gasteiger charge is -2.13. The minimum absolute atomic E-state index is 0.127. The number of rotatable bonds is 2. The number of phenols is 1. The topological polar surface area (TPSA) is 40.5 Å². The molecule has 23 heavy (non-hydrogen) atoms. The molecule has 0 atom stereocenters. The van der Waals surface area contributed by atoms with E-state index in [0.29, 0.717) is 14.8 Å². The van der Waals surface area contributed by atoms with E-state index in [1.54, 1.807) is 6.08 Å². The number of benzene rings is 2. The standard InChI is InChI=1S/C16H9Cl2NO2S2/c17-11-6-9(7-12(18)14(11)20)8-13-15(21)19(16(22)23-13)10-4-2-1-3-5-10/h1-8,20H/b13-8+.